The number of carbonyl (C=O) groups is 1. The Morgan fingerprint density at radius 1 is 1.16 bits per heavy atom. The van der Waals surface area contributed by atoms with Crippen LogP contribution in [0.5, 0.6) is 5.75 Å². The van der Waals surface area contributed by atoms with Gasteiger partial charge in [0.2, 0.25) is 0 Å². The maximum Gasteiger partial charge on any atom is 0.257 e. The van der Waals surface area contributed by atoms with E-state index in [0.29, 0.717) is 16.3 Å². The van der Waals surface area contributed by atoms with Crippen LogP contribution in [-0.2, 0) is 0 Å². The summed E-state index contributed by atoms with van der Waals surface area (Å²) in [4.78, 5) is 12.1. The lowest BCUT2D eigenvalue weighted by atomic mass is 10.1. The van der Waals surface area contributed by atoms with Crippen LogP contribution in [0.4, 0.5) is 5.69 Å². The van der Waals surface area contributed by atoms with Crippen LogP contribution >= 0.6 is 11.6 Å². The van der Waals surface area contributed by atoms with E-state index in [-0.39, 0.29) is 11.7 Å². The van der Waals surface area contributed by atoms with Crippen molar-refractivity contribution in [3.8, 4) is 5.75 Å². The number of carbonyl (C=O) groups excluding carboxylic acids is 1. The molecule has 0 saturated carbocycles. The first-order valence-electron chi connectivity index (χ1n) is 5.84. The smallest absolute Gasteiger partial charge is 0.257 e. The second kappa shape index (κ2) is 5.33. The molecular formula is C15H14ClNO2. The van der Waals surface area contributed by atoms with Gasteiger partial charge in [0.05, 0.1) is 10.6 Å². The minimum atomic E-state index is -0.298. The summed E-state index contributed by atoms with van der Waals surface area (Å²) in [5, 5.41) is 12.7. The molecule has 0 saturated heterocycles. The molecule has 3 nitrogen and oxygen atoms in total. The summed E-state index contributed by atoms with van der Waals surface area (Å²) in [6.07, 6.45) is 0. The van der Waals surface area contributed by atoms with E-state index in [1.807, 2.05) is 13.0 Å². The third-order valence-corrected chi connectivity index (χ3v) is 3.15. The minimum absolute atomic E-state index is 0.146. The van der Waals surface area contributed by atoms with Crippen molar-refractivity contribution in [3.63, 3.8) is 0 Å². The summed E-state index contributed by atoms with van der Waals surface area (Å²) in [6, 6.07) is 10.2. The number of hydrogen-bond acceptors (Lipinski definition) is 2. The van der Waals surface area contributed by atoms with E-state index in [1.165, 1.54) is 6.07 Å². The number of halogens is 1. The number of phenols is 1. The number of amides is 1. The molecule has 19 heavy (non-hydrogen) atoms. The maximum absolute atomic E-state index is 12.1. The normalized spacial score (nSPS) is 10.3. The van der Waals surface area contributed by atoms with Crippen molar-refractivity contribution in [2.45, 2.75) is 13.8 Å². The van der Waals surface area contributed by atoms with E-state index in [4.69, 9.17) is 11.6 Å². The predicted molar refractivity (Wildman–Crippen MR) is 77.0 cm³/mol. The van der Waals surface area contributed by atoms with E-state index >= 15 is 0 Å². The highest BCUT2D eigenvalue weighted by atomic mass is 35.5. The fourth-order valence-corrected chi connectivity index (χ4v) is 2.01. The van der Waals surface area contributed by atoms with Gasteiger partial charge in [0.15, 0.2) is 0 Å². The monoisotopic (exact) mass is 275 g/mol. The quantitative estimate of drug-likeness (QED) is 0.873. The second-order valence-electron chi connectivity index (χ2n) is 4.44. The molecule has 0 aromatic heterocycles. The third kappa shape index (κ3) is 3.06. The van der Waals surface area contributed by atoms with Crippen molar-refractivity contribution in [1.29, 1.82) is 0 Å². The van der Waals surface area contributed by atoms with Crippen molar-refractivity contribution < 1.29 is 9.90 Å². The Balaban J connectivity index is 2.23. The number of aryl methyl sites for hydroxylation is 2. The van der Waals surface area contributed by atoms with Crippen LogP contribution in [0, 0.1) is 13.8 Å². The molecule has 98 valence electrons. The summed E-state index contributed by atoms with van der Waals surface area (Å²) in [5.41, 5.74) is 2.69. The zero-order valence-corrected chi connectivity index (χ0v) is 11.5. The SMILES string of the molecule is Cc1ccc(C(=O)Nc2ccc(C)c(O)c2)c(Cl)c1. The Kier molecular flexibility index (Phi) is 3.76. The first kappa shape index (κ1) is 13.4. The number of nitrogens with one attached hydrogen (secondary N) is 1. The molecule has 0 atom stereocenters. The molecule has 0 heterocycles. The Labute approximate surface area is 116 Å². The molecule has 2 aromatic rings. The lowest BCUT2D eigenvalue weighted by Crippen LogP contribution is -2.12. The average Bonchev–Trinajstić information content (AvgIpc) is 2.33. The Hall–Kier alpha value is -2.00. The molecule has 2 rings (SSSR count). The zero-order valence-electron chi connectivity index (χ0n) is 10.7. The van der Waals surface area contributed by atoms with Gasteiger partial charge in [0, 0.05) is 11.8 Å². The van der Waals surface area contributed by atoms with E-state index in [2.05, 4.69) is 5.32 Å². The fourth-order valence-electron chi connectivity index (χ4n) is 1.69. The maximum atomic E-state index is 12.1. The molecule has 0 bridgehead atoms. The number of phenolic OH excluding ortho intramolecular Hbond substituents is 1. The summed E-state index contributed by atoms with van der Waals surface area (Å²) < 4.78 is 0. The molecule has 0 radical (unpaired) electrons. The number of aromatic hydroxyl groups is 1. The zero-order chi connectivity index (χ0) is 14.0. The lowest BCUT2D eigenvalue weighted by Gasteiger charge is -2.08. The number of anilines is 1. The van der Waals surface area contributed by atoms with E-state index < -0.39 is 0 Å². The third-order valence-electron chi connectivity index (χ3n) is 2.84. The standard InChI is InChI=1S/C15H14ClNO2/c1-9-3-6-12(13(16)7-9)15(19)17-11-5-4-10(2)14(18)8-11/h3-8,18H,1-2H3,(H,17,19). The predicted octanol–water partition coefficient (Wildman–Crippen LogP) is 3.91. The van der Waals surface area contributed by atoms with E-state index in [1.54, 1.807) is 31.2 Å². The molecule has 2 aromatic carbocycles. The summed E-state index contributed by atoms with van der Waals surface area (Å²) >= 11 is 6.04. The average molecular weight is 276 g/mol. The minimum Gasteiger partial charge on any atom is -0.508 e. The van der Waals surface area contributed by atoms with Gasteiger partial charge in [-0.05, 0) is 43.2 Å². The highest BCUT2D eigenvalue weighted by Gasteiger charge is 2.11. The Morgan fingerprint density at radius 2 is 1.89 bits per heavy atom. The molecule has 4 heteroatoms. The number of rotatable bonds is 2. The molecule has 0 aliphatic heterocycles. The Bertz CT molecular complexity index is 638. The molecule has 0 aliphatic carbocycles. The largest absolute Gasteiger partial charge is 0.508 e. The fraction of sp³-hybridized carbons (Fsp3) is 0.133. The second-order valence-corrected chi connectivity index (χ2v) is 4.85. The summed E-state index contributed by atoms with van der Waals surface area (Å²) in [5.74, 6) is -0.152. The molecule has 0 fully saturated rings. The molecule has 0 unspecified atom stereocenters. The summed E-state index contributed by atoms with van der Waals surface area (Å²) in [6.45, 7) is 3.70. The van der Waals surface area contributed by atoms with E-state index in [0.717, 1.165) is 11.1 Å². The highest BCUT2D eigenvalue weighted by molar-refractivity contribution is 6.34. The molecule has 0 aliphatic rings. The van der Waals surface area contributed by atoms with Crippen LogP contribution < -0.4 is 5.32 Å². The van der Waals surface area contributed by atoms with Crippen molar-refractivity contribution >= 4 is 23.2 Å². The highest BCUT2D eigenvalue weighted by Crippen LogP contribution is 2.23. The van der Waals surface area contributed by atoms with Crippen molar-refractivity contribution in [2.24, 2.45) is 0 Å². The van der Waals surface area contributed by atoms with Gasteiger partial charge in [-0.25, -0.2) is 0 Å². The molecular weight excluding hydrogens is 262 g/mol. The van der Waals surface area contributed by atoms with Gasteiger partial charge in [0.25, 0.3) is 5.91 Å². The molecule has 2 N–H and O–H groups in total. The molecule has 1 amide bonds. The van der Waals surface area contributed by atoms with Gasteiger partial charge in [-0.1, -0.05) is 23.7 Å². The topological polar surface area (TPSA) is 49.3 Å². The van der Waals surface area contributed by atoms with Crippen molar-refractivity contribution in [1.82, 2.24) is 0 Å². The van der Waals surface area contributed by atoms with Gasteiger partial charge in [-0.15, -0.1) is 0 Å². The first-order chi connectivity index (χ1) is 8.97. The van der Waals surface area contributed by atoms with E-state index in [9.17, 15) is 9.90 Å². The number of hydrogen-bond donors (Lipinski definition) is 2. The van der Waals surface area contributed by atoms with Gasteiger partial charge >= 0.3 is 0 Å². The van der Waals surface area contributed by atoms with Crippen LogP contribution in [0.2, 0.25) is 5.02 Å². The van der Waals surface area contributed by atoms with Crippen LogP contribution in [-0.4, -0.2) is 11.0 Å². The van der Waals surface area contributed by atoms with Gasteiger partial charge in [0.1, 0.15) is 5.75 Å². The van der Waals surface area contributed by atoms with Crippen molar-refractivity contribution in [2.75, 3.05) is 5.32 Å². The van der Waals surface area contributed by atoms with Gasteiger partial charge in [-0.3, -0.25) is 4.79 Å². The van der Waals surface area contributed by atoms with Crippen LogP contribution in [0.1, 0.15) is 21.5 Å². The molecule has 0 spiro atoms. The van der Waals surface area contributed by atoms with Crippen molar-refractivity contribution in [3.05, 3.63) is 58.1 Å². The van der Waals surface area contributed by atoms with Crippen LogP contribution in [0.15, 0.2) is 36.4 Å². The van der Waals surface area contributed by atoms with Gasteiger partial charge < -0.3 is 10.4 Å². The first-order valence-corrected chi connectivity index (χ1v) is 6.22. The summed E-state index contributed by atoms with van der Waals surface area (Å²) in [7, 11) is 0. The van der Waals surface area contributed by atoms with Crippen LogP contribution in [0.25, 0.3) is 0 Å². The number of benzene rings is 2. The Morgan fingerprint density at radius 3 is 2.53 bits per heavy atom. The lowest BCUT2D eigenvalue weighted by molar-refractivity contribution is 0.102. The van der Waals surface area contributed by atoms with Crippen LogP contribution in [0.3, 0.4) is 0 Å². The van der Waals surface area contributed by atoms with Gasteiger partial charge in [-0.2, -0.15) is 0 Å².